The Kier molecular flexibility index (Phi) is 15.3. The zero-order chi connectivity index (χ0) is 24.1. The molecule has 0 fully saturated rings. The molecule has 0 aliphatic heterocycles. The van der Waals surface area contributed by atoms with E-state index < -0.39 is 89.4 Å². The fourth-order valence-corrected chi connectivity index (χ4v) is 4.62. The lowest BCUT2D eigenvalue weighted by Crippen LogP contribution is -2.88. The van der Waals surface area contributed by atoms with Crippen LogP contribution in [-0.4, -0.2) is 213 Å². The maximum absolute atomic E-state index is 6.02. The van der Waals surface area contributed by atoms with Crippen LogP contribution in [0.5, 0.6) is 0 Å². The molecule has 33 radical (unpaired) electrons. The molecule has 0 spiro atoms. The van der Waals surface area contributed by atoms with Crippen molar-refractivity contribution in [2.45, 2.75) is 0 Å². The van der Waals surface area contributed by atoms with Crippen LogP contribution in [-0.2, 0) is 0 Å². The SMILES string of the molecule is [B]B([B])B(B([B])[B])B(B(B([B])[B])B([B])[B])B(B(B([B])[B])B([B])[B])B(B([B])[B])B([B])[B-]. The minimum atomic E-state index is -1.07. The molecule has 0 nitrogen and oxygen atoms in total. The molecular weight excluding hydrogens is 324 g/mol. The summed E-state index contributed by atoms with van der Waals surface area (Å²) in [5.74, 6) is 0. The first-order valence-corrected chi connectivity index (χ1v) is 9.67. The first-order valence-electron chi connectivity index (χ1n) is 9.67. The average Bonchev–Trinajstić information content (AvgIpc) is 2.50. The van der Waals surface area contributed by atoms with Crippen molar-refractivity contribution in [2.24, 2.45) is 0 Å². The molecule has 0 saturated heterocycles. The van der Waals surface area contributed by atoms with Crippen LogP contribution in [0.3, 0.4) is 0 Å². The van der Waals surface area contributed by atoms with Crippen LogP contribution >= 0.6 is 0 Å². The highest BCUT2D eigenvalue weighted by atomic mass is 13.3. The smallest absolute Gasteiger partial charge is 0.0000000000472 e. The Morgan fingerprint density at radius 2 is 0.433 bits per heavy atom. The van der Waals surface area contributed by atoms with E-state index in [0.717, 1.165) is 0 Å². The third kappa shape index (κ3) is 8.62. The van der Waals surface area contributed by atoms with E-state index in [4.69, 9.17) is 124 Å². The van der Waals surface area contributed by atoms with Gasteiger partial charge in [0.25, 0.3) is 0 Å². The normalized spacial score (nSPS) is 9.50. The summed E-state index contributed by atoms with van der Waals surface area (Å²) in [6.07, 6.45) is -13.7. The summed E-state index contributed by atoms with van der Waals surface area (Å²) in [6.45, 7) is 0. The number of rotatable bonds is 13. The topological polar surface area (TPSA) is 0 Å². The average molecular weight is 324 g/mol. The first kappa shape index (κ1) is 31.9. The Morgan fingerprint density at radius 3 is 0.567 bits per heavy atom. The summed E-state index contributed by atoms with van der Waals surface area (Å²) in [4.78, 5) is 0. The van der Waals surface area contributed by atoms with Gasteiger partial charge in [-0.1, -0.05) is 0 Å². The molecule has 0 aromatic carbocycles. The lowest BCUT2D eigenvalue weighted by Gasteiger charge is -2.52. The first-order chi connectivity index (χ1) is 13.6. The highest BCUT2D eigenvalue weighted by Gasteiger charge is 2.51. The van der Waals surface area contributed by atoms with Gasteiger partial charge in [0.05, 0.1) is 0 Å². The van der Waals surface area contributed by atoms with Crippen LogP contribution in [0.1, 0.15) is 0 Å². The Bertz CT molecular complexity index is 323. The Labute approximate surface area is 212 Å². The summed E-state index contributed by atoms with van der Waals surface area (Å²) in [5, 5.41) is 0. The van der Waals surface area contributed by atoms with Crippen molar-refractivity contribution >= 4 is 213 Å². The van der Waals surface area contributed by atoms with Gasteiger partial charge < -0.3 is 7.74 Å². The van der Waals surface area contributed by atoms with Gasteiger partial charge in [-0.15, -0.1) is 0 Å². The van der Waals surface area contributed by atoms with Gasteiger partial charge in [0.15, 0.2) is 0 Å². The molecule has 0 aromatic rings. The van der Waals surface area contributed by atoms with E-state index in [2.05, 4.69) is 0 Å². The summed E-state index contributed by atoms with van der Waals surface area (Å²) in [6, 6.07) is 0. The van der Waals surface area contributed by atoms with Crippen LogP contribution in [0.4, 0.5) is 0 Å². The van der Waals surface area contributed by atoms with Crippen molar-refractivity contribution in [3.63, 3.8) is 0 Å². The van der Waals surface area contributed by atoms with E-state index in [-0.39, 0.29) is 0 Å². The molecule has 0 rings (SSSR count). The molecule has 0 N–H and O–H groups in total. The van der Waals surface area contributed by atoms with Crippen LogP contribution in [0.2, 0.25) is 0 Å². The zero-order valence-electron chi connectivity index (χ0n) is 17.3. The van der Waals surface area contributed by atoms with Gasteiger partial charge in [-0.3, -0.25) is 0 Å². The summed E-state index contributed by atoms with van der Waals surface area (Å²) >= 11 is 0. The lowest BCUT2D eigenvalue weighted by atomic mass is 8.31. The maximum Gasteiger partial charge on any atom is -0.0000000000472 e. The van der Waals surface area contributed by atoms with E-state index in [0.29, 0.717) is 0 Å². The highest BCUT2D eigenvalue weighted by Crippen LogP contribution is 2.14. The molecule has 0 aliphatic carbocycles. The van der Waals surface area contributed by atoms with E-state index in [9.17, 15) is 0 Å². The van der Waals surface area contributed by atoms with Crippen molar-refractivity contribution in [3.05, 3.63) is 0 Å². The van der Waals surface area contributed by atoms with Gasteiger partial charge in [-0.25, -0.2) is 6.39 Å². The molecule has 30 heteroatoms. The Hall–Kier alpha value is 1.95. The van der Waals surface area contributed by atoms with Crippen molar-refractivity contribution in [1.82, 2.24) is 0 Å². The molecule has 0 bridgehead atoms. The lowest BCUT2D eigenvalue weighted by molar-refractivity contribution is 3.25. The fraction of sp³-hybridized carbons (Fsp3) is 0. The van der Waals surface area contributed by atoms with Gasteiger partial charge in [0, 0.05) is 0 Å². The molecule has 30 heavy (non-hydrogen) atoms. The predicted molar refractivity (Wildman–Crippen MR) is 173 cm³/mol. The predicted octanol–water partition coefficient (Wildman–Crippen LogP) is -11.4. The number of hydrogen-bond donors (Lipinski definition) is 0. The zero-order valence-corrected chi connectivity index (χ0v) is 17.3. The third-order valence-corrected chi connectivity index (χ3v) is 5.78. The second kappa shape index (κ2) is 14.4. The second-order valence-corrected chi connectivity index (χ2v) is 8.08. The van der Waals surface area contributed by atoms with Crippen molar-refractivity contribution in [2.75, 3.05) is 0 Å². The minimum absolute atomic E-state index is 0.853. The van der Waals surface area contributed by atoms with E-state index in [1.807, 2.05) is 0 Å². The molecule has 0 heterocycles. The van der Waals surface area contributed by atoms with Crippen molar-refractivity contribution in [3.8, 4) is 0 Å². The third-order valence-electron chi connectivity index (χ3n) is 5.78. The number of hydrogen-bond acceptors (Lipinski definition) is 0. The van der Waals surface area contributed by atoms with Gasteiger partial charge in [-0.05, 0) is 199 Å². The standard InChI is InChI=1S/B30/c1-17(2)25(18(3)4)29(26(19(5)6)20(7)8)30(27(21(9)10)22(11)12)28(23(13)14)24(15)16/q-1. The molecular formula is B30-. The molecule has 0 saturated carbocycles. The molecule has 0 amide bonds. The maximum atomic E-state index is 6.02. The van der Waals surface area contributed by atoms with Crippen LogP contribution in [0.15, 0.2) is 0 Å². The fourth-order valence-electron chi connectivity index (χ4n) is 4.62. The van der Waals surface area contributed by atoms with Gasteiger partial charge in [-0.2, -0.15) is 0 Å². The van der Waals surface area contributed by atoms with Gasteiger partial charge in [0.1, 0.15) is 0 Å². The second-order valence-electron chi connectivity index (χ2n) is 8.08. The molecule has 0 unspecified atom stereocenters. The summed E-state index contributed by atoms with van der Waals surface area (Å²) in [7, 11) is 96.4. The molecule has 0 atom stereocenters. The molecule has 91 valence electrons. The Balaban J connectivity index is 7.14. The summed E-state index contributed by atoms with van der Waals surface area (Å²) < 4.78 is 0. The van der Waals surface area contributed by atoms with Crippen LogP contribution < -0.4 is 0 Å². The van der Waals surface area contributed by atoms with Crippen molar-refractivity contribution in [1.29, 1.82) is 0 Å². The van der Waals surface area contributed by atoms with Gasteiger partial charge in [0.2, 0.25) is 0 Å². The van der Waals surface area contributed by atoms with E-state index >= 15 is 0 Å². The van der Waals surface area contributed by atoms with Crippen LogP contribution in [0.25, 0.3) is 0 Å². The largest absolute Gasteiger partial charge is 0.687 e. The van der Waals surface area contributed by atoms with Crippen molar-refractivity contribution < 1.29 is 0 Å². The minimum Gasteiger partial charge on any atom is -0.687 e. The van der Waals surface area contributed by atoms with Crippen LogP contribution in [0, 0.1) is 0 Å². The Morgan fingerprint density at radius 1 is 0.267 bits per heavy atom. The summed E-state index contributed by atoms with van der Waals surface area (Å²) in [5.41, 5.74) is 0. The highest BCUT2D eigenvalue weighted by molar-refractivity contribution is 8.27. The van der Waals surface area contributed by atoms with Gasteiger partial charge >= 0.3 is 0 Å². The van der Waals surface area contributed by atoms with E-state index in [1.165, 1.54) is 0 Å². The van der Waals surface area contributed by atoms with E-state index in [1.54, 1.807) is 0 Å². The molecule has 0 aliphatic rings. The quantitative estimate of drug-likeness (QED) is 0.295. The monoisotopic (exact) mass is 330 g/mol. The molecule has 0 aromatic heterocycles.